The predicted octanol–water partition coefficient (Wildman–Crippen LogP) is 20.0. The number of aliphatic hydroxyl groups is 2. The lowest BCUT2D eigenvalue weighted by Crippen LogP contribution is -2.45. The van der Waals surface area contributed by atoms with Gasteiger partial charge >= 0.3 is 5.97 Å². The van der Waals surface area contributed by atoms with Gasteiger partial charge in [0.2, 0.25) is 5.91 Å². The Labute approximate surface area is 443 Å². The molecule has 0 heterocycles. The Hall–Kier alpha value is -1.92. The molecule has 0 aliphatic carbocycles. The van der Waals surface area contributed by atoms with E-state index in [9.17, 15) is 19.8 Å². The van der Waals surface area contributed by atoms with Crippen LogP contribution in [-0.2, 0) is 14.3 Å². The summed E-state index contributed by atoms with van der Waals surface area (Å²) in [7, 11) is 0. The minimum absolute atomic E-state index is 0.0116. The van der Waals surface area contributed by atoms with Crippen LogP contribution in [0.4, 0.5) is 0 Å². The summed E-state index contributed by atoms with van der Waals surface area (Å²) < 4.78 is 5.46. The van der Waals surface area contributed by atoms with Gasteiger partial charge in [0, 0.05) is 12.8 Å². The first-order chi connectivity index (χ1) is 35.0. The first kappa shape index (κ1) is 69.1. The Bertz CT molecular complexity index is 1150. The van der Waals surface area contributed by atoms with Crippen LogP contribution >= 0.6 is 0 Å². The van der Waals surface area contributed by atoms with Crippen LogP contribution in [0, 0.1) is 0 Å². The fraction of sp³-hybridized carbons (Fsp3) is 0.877. The van der Waals surface area contributed by atoms with Gasteiger partial charge in [-0.1, -0.05) is 301 Å². The molecule has 0 aliphatic heterocycles. The number of allylic oxidation sites excluding steroid dienone is 5. The molecule has 0 spiro atoms. The molecule has 0 radical (unpaired) electrons. The van der Waals surface area contributed by atoms with Crippen molar-refractivity contribution in [1.29, 1.82) is 0 Å². The third kappa shape index (κ3) is 57.2. The monoisotopic (exact) mass is 998 g/mol. The average Bonchev–Trinajstić information content (AvgIpc) is 3.37. The lowest BCUT2D eigenvalue weighted by molar-refractivity contribution is -0.143. The minimum atomic E-state index is -0.852. The van der Waals surface area contributed by atoms with Crippen molar-refractivity contribution in [3.63, 3.8) is 0 Å². The van der Waals surface area contributed by atoms with E-state index in [1.165, 1.54) is 238 Å². The van der Waals surface area contributed by atoms with Crippen LogP contribution in [0.1, 0.15) is 341 Å². The summed E-state index contributed by atoms with van der Waals surface area (Å²) in [5.41, 5.74) is 0. The zero-order valence-corrected chi connectivity index (χ0v) is 47.7. The topological polar surface area (TPSA) is 95.9 Å². The number of esters is 1. The number of carbonyl (C=O) groups is 2. The van der Waals surface area contributed by atoms with Gasteiger partial charge in [-0.15, -0.1) is 0 Å². The lowest BCUT2D eigenvalue weighted by atomic mass is 10.0. The third-order valence-corrected chi connectivity index (χ3v) is 14.7. The molecule has 0 saturated carbocycles. The molecule has 0 aromatic carbocycles. The molecule has 71 heavy (non-hydrogen) atoms. The summed E-state index contributed by atoms with van der Waals surface area (Å²) >= 11 is 0. The van der Waals surface area contributed by atoms with E-state index < -0.39 is 12.1 Å². The van der Waals surface area contributed by atoms with Gasteiger partial charge in [-0.3, -0.25) is 9.59 Å². The molecule has 3 N–H and O–H groups in total. The van der Waals surface area contributed by atoms with Crippen LogP contribution in [0.2, 0.25) is 0 Å². The highest BCUT2D eigenvalue weighted by Gasteiger charge is 2.18. The largest absolute Gasteiger partial charge is 0.466 e. The minimum Gasteiger partial charge on any atom is -0.466 e. The Kier molecular flexibility index (Phi) is 59.0. The van der Waals surface area contributed by atoms with Crippen LogP contribution in [0.5, 0.6) is 0 Å². The molecule has 0 saturated heterocycles. The van der Waals surface area contributed by atoms with Gasteiger partial charge in [-0.2, -0.15) is 0 Å². The number of amides is 1. The third-order valence-electron chi connectivity index (χ3n) is 14.7. The van der Waals surface area contributed by atoms with E-state index in [1.54, 1.807) is 6.08 Å². The standard InChI is InChI=1S/C65H123NO5/c1-3-5-7-9-11-13-15-17-19-20-21-22-24-27-30-33-37-41-45-49-53-57-63(68)62(61-67)66-64(69)58-54-50-46-42-38-34-31-28-25-23-26-29-32-36-40-44-48-52-56-60-71-65(70)59-55-51-47-43-39-35-18-16-14-12-10-8-6-4-2/h29,32,36,40,53,57,62-63,67-68H,3-28,30-31,33-35,37-39,41-52,54-56,58-61H2,1-2H3,(H,66,69)/b32-29-,40-36-,57-53+. The van der Waals surface area contributed by atoms with Crippen molar-refractivity contribution in [2.45, 2.75) is 353 Å². The first-order valence-corrected chi connectivity index (χ1v) is 31.8. The molecule has 418 valence electrons. The molecule has 0 aromatic rings. The number of nitrogens with one attached hydrogen (secondary N) is 1. The summed E-state index contributed by atoms with van der Waals surface area (Å²) in [5.74, 6) is -0.0867. The Balaban J connectivity index is 3.50. The highest BCUT2D eigenvalue weighted by Crippen LogP contribution is 2.17. The molecule has 0 fully saturated rings. The summed E-state index contributed by atoms with van der Waals surface area (Å²) in [5, 5.41) is 23.2. The molecule has 6 heteroatoms. The number of ether oxygens (including phenoxy) is 1. The van der Waals surface area contributed by atoms with Gasteiger partial charge in [-0.25, -0.2) is 0 Å². The van der Waals surface area contributed by atoms with E-state index in [4.69, 9.17) is 4.74 Å². The van der Waals surface area contributed by atoms with Gasteiger partial charge in [0.15, 0.2) is 0 Å². The molecular weight excluding hydrogens is 875 g/mol. The van der Waals surface area contributed by atoms with Crippen LogP contribution in [0.25, 0.3) is 0 Å². The van der Waals surface area contributed by atoms with E-state index in [-0.39, 0.29) is 18.5 Å². The first-order valence-electron chi connectivity index (χ1n) is 31.8. The molecular formula is C65H123NO5. The lowest BCUT2D eigenvalue weighted by Gasteiger charge is -2.20. The molecule has 6 nitrogen and oxygen atoms in total. The summed E-state index contributed by atoms with van der Waals surface area (Å²) in [6.45, 7) is 4.89. The van der Waals surface area contributed by atoms with E-state index in [1.807, 2.05) is 6.08 Å². The van der Waals surface area contributed by atoms with Gasteiger partial charge in [-0.05, 0) is 64.2 Å². The molecule has 0 bridgehead atoms. The van der Waals surface area contributed by atoms with Gasteiger partial charge in [0.25, 0.3) is 0 Å². The van der Waals surface area contributed by atoms with Crippen LogP contribution in [0.15, 0.2) is 36.5 Å². The van der Waals surface area contributed by atoms with Crippen molar-refractivity contribution in [2.75, 3.05) is 13.2 Å². The summed E-state index contributed by atoms with van der Waals surface area (Å²) in [6, 6.07) is -0.637. The van der Waals surface area contributed by atoms with Crippen molar-refractivity contribution < 1.29 is 24.5 Å². The fourth-order valence-electron chi connectivity index (χ4n) is 9.80. The molecule has 2 atom stereocenters. The summed E-state index contributed by atoms with van der Waals surface area (Å²) in [4.78, 5) is 24.5. The fourth-order valence-corrected chi connectivity index (χ4v) is 9.80. The summed E-state index contributed by atoms with van der Waals surface area (Å²) in [6.07, 6.45) is 76.1. The number of hydrogen-bond acceptors (Lipinski definition) is 5. The predicted molar refractivity (Wildman–Crippen MR) is 310 cm³/mol. The van der Waals surface area contributed by atoms with Crippen molar-refractivity contribution in [1.82, 2.24) is 5.32 Å². The number of unbranched alkanes of at least 4 members (excludes halogenated alkanes) is 45. The van der Waals surface area contributed by atoms with Crippen LogP contribution in [0.3, 0.4) is 0 Å². The Morgan fingerprint density at radius 3 is 1.04 bits per heavy atom. The maximum Gasteiger partial charge on any atom is 0.305 e. The van der Waals surface area contributed by atoms with Crippen molar-refractivity contribution >= 4 is 11.9 Å². The van der Waals surface area contributed by atoms with E-state index >= 15 is 0 Å². The highest BCUT2D eigenvalue weighted by molar-refractivity contribution is 5.76. The number of hydrogen-bond donors (Lipinski definition) is 3. The number of carbonyl (C=O) groups excluding carboxylic acids is 2. The highest BCUT2D eigenvalue weighted by atomic mass is 16.5. The van der Waals surface area contributed by atoms with Crippen molar-refractivity contribution in [3.05, 3.63) is 36.5 Å². The van der Waals surface area contributed by atoms with Gasteiger partial charge < -0.3 is 20.3 Å². The maximum absolute atomic E-state index is 12.5. The second kappa shape index (κ2) is 60.6. The molecule has 2 unspecified atom stereocenters. The van der Waals surface area contributed by atoms with Gasteiger partial charge in [0.1, 0.15) is 0 Å². The Morgan fingerprint density at radius 2 is 0.690 bits per heavy atom. The SMILES string of the molecule is CCCCCCCCCCCCCCCCCCCCC/C=C/C(O)C(CO)NC(=O)CCCCCCCCCCCC/C=C\C=C/CCCCCOC(=O)CCCCCCCCCCCCCCCC. The zero-order valence-electron chi connectivity index (χ0n) is 47.7. The zero-order chi connectivity index (χ0) is 51.4. The number of rotatable bonds is 59. The van der Waals surface area contributed by atoms with E-state index in [0.29, 0.717) is 19.4 Å². The average molecular weight is 999 g/mol. The molecule has 1 amide bonds. The van der Waals surface area contributed by atoms with Crippen molar-refractivity contribution in [3.8, 4) is 0 Å². The van der Waals surface area contributed by atoms with Gasteiger partial charge in [0.05, 0.1) is 25.4 Å². The molecule has 0 rings (SSSR count). The second-order valence-corrected chi connectivity index (χ2v) is 21.8. The second-order valence-electron chi connectivity index (χ2n) is 21.8. The van der Waals surface area contributed by atoms with E-state index in [2.05, 4.69) is 43.5 Å². The quantitative estimate of drug-likeness (QED) is 0.0244. The van der Waals surface area contributed by atoms with Crippen LogP contribution in [-0.4, -0.2) is 47.4 Å². The normalized spacial score (nSPS) is 12.8. The molecule has 0 aliphatic rings. The number of aliphatic hydroxyl groups excluding tert-OH is 2. The van der Waals surface area contributed by atoms with Crippen LogP contribution < -0.4 is 5.32 Å². The smallest absolute Gasteiger partial charge is 0.305 e. The molecule has 0 aromatic heterocycles. The Morgan fingerprint density at radius 1 is 0.394 bits per heavy atom. The maximum atomic E-state index is 12.5. The van der Waals surface area contributed by atoms with Crippen molar-refractivity contribution in [2.24, 2.45) is 0 Å². The van der Waals surface area contributed by atoms with E-state index in [0.717, 1.165) is 77.0 Å².